The van der Waals surface area contributed by atoms with Crippen molar-refractivity contribution in [2.75, 3.05) is 6.54 Å². The highest BCUT2D eigenvalue weighted by molar-refractivity contribution is 6.33. The summed E-state index contributed by atoms with van der Waals surface area (Å²) >= 11 is 6.10. The Morgan fingerprint density at radius 2 is 2.00 bits per heavy atom. The second kappa shape index (κ2) is 5.31. The molecule has 0 aromatic carbocycles. The summed E-state index contributed by atoms with van der Waals surface area (Å²) in [5.74, 6) is 0.488. The quantitative estimate of drug-likeness (QED) is 0.740. The van der Waals surface area contributed by atoms with E-state index in [1.807, 2.05) is 30.2 Å². The van der Waals surface area contributed by atoms with Crippen LogP contribution in [0.2, 0.25) is 5.15 Å². The Kier molecular flexibility index (Phi) is 3.46. The Morgan fingerprint density at radius 1 is 1.25 bits per heavy atom. The second-order valence-corrected chi connectivity index (χ2v) is 7.95. The lowest BCUT2D eigenvalue weighted by Crippen LogP contribution is -2.45. The Balaban J connectivity index is 1.63. The highest BCUT2D eigenvalue weighted by Gasteiger charge is 2.49. The molecule has 3 heterocycles. The van der Waals surface area contributed by atoms with Crippen LogP contribution in [0.5, 0.6) is 0 Å². The number of likely N-dealkylation sites (tertiary alicyclic amines) is 1. The van der Waals surface area contributed by atoms with E-state index >= 15 is 0 Å². The van der Waals surface area contributed by atoms with Crippen LogP contribution in [-0.2, 0) is 4.74 Å². The van der Waals surface area contributed by atoms with Gasteiger partial charge in [0, 0.05) is 6.54 Å². The smallest absolute Gasteiger partial charge is 0.410 e. The molecule has 4 rings (SSSR count). The van der Waals surface area contributed by atoms with Gasteiger partial charge in [0.1, 0.15) is 17.4 Å². The fourth-order valence-electron chi connectivity index (χ4n) is 3.89. The van der Waals surface area contributed by atoms with Gasteiger partial charge in [-0.2, -0.15) is 0 Å². The van der Waals surface area contributed by atoms with Crippen molar-refractivity contribution in [2.24, 2.45) is 5.92 Å². The fraction of sp³-hybridized carbons (Fsp3) is 0.625. The zero-order valence-corrected chi connectivity index (χ0v) is 14.7. The molecule has 2 aromatic heterocycles. The van der Waals surface area contributed by atoms with Crippen LogP contribution in [-0.4, -0.2) is 48.7 Å². The number of imidazole rings is 1. The summed E-state index contributed by atoms with van der Waals surface area (Å²) in [4.78, 5) is 27.0. The van der Waals surface area contributed by atoms with Crippen LogP contribution in [0.3, 0.4) is 0 Å². The summed E-state index contributed by atoms with van der Waals surface area (Å²) in [7, 11) is 0. The van der Waals surface area contributed by atoms with Crippen LogP contribution >= 0.6 is 11.6 Å². The standard InChI is InChI=1S/C16H20ClN5O2/c1-16(2,3)24-15(23)21-6-9-4-10(21)11(5-9)22-8-20-12-13(17)18-7-19-14(12)22/h7-11H,4-6H2,1-3H3/t9-,10+,11+/m1/s1. The number of hydrogen-bond acceptors (Lipinski definition) is 5. The summed E-state index contributed by atoms with van der Waals surface area (Å²) in [6.07, 6.45) is 4.96. The SMILES string of the molecule is CC(C)(C)OC(=O)N1C[C@@H]2C[C@H]1[C@@H](n1cnc3c(Cl)ncnc31)C2. The number of aromatic nitrogens is 4. The van der Waals surface area contributed by atoms with Gasteiger partial charge >= 0.3 is 6.09 Å². The number of hydrogen-bond donors (Lipinski definition) is 0. The number of carbonyl (C=O) groups is 1. The lowest BCUT2D eigenvalue weighted by molar-refractivity contribution is 0.0141. The topological polar surface area (TPSA) is 73.1 Å². The molecule has 2 bridgehead atoms. The minimum absolute atomic E-state index is 0.107. The van der Waals surface area contributed by atoms with Crippen molar-refractivity contribution in [1.82, 2.24) is 24.4 Å². The number of nitrogens with zero attached hydrogens (tertiary/aromatic N) is 5. The molecular weight excluding hydrogens is 330 g/mol. The largest absolute Gasteiger partial charge is 0.444 e. The van der Waals surface area contributed by atoms with E-state index in [0.717, 1.165) is 25.0 Å². The van der Waals surface area contributed by atoms with E-state index in [2.05, 4.69) is 15.0 Å². The number of piperidine rings is 1. The zero-order chi connectivity index (χ0) is 17.1. The molecule has 1 aliphatic carbocycles. The van der Waals surface area contributed by atoms with E-state index < -0.39 is 5.60 Å². The van der Waals surface area contributed by atoms with Crippen LogP contribution in [0.4, 0.5) is 4.79 Å². The fourth-order valence-corrected chi connectivity index (χ4v) is 4.06. The average molecular weight is 350 g/mol. The minimum atomic E-state index is -0.489. The van der Waals surface area contributed by atoms with E-state index in [-0.39, 0.29) is 18.2 Å². The Bertz CT molecular complexity index is 799. The number of amides is 1. The number of fused-ring (bicyclic) bond motifs is 3. The lowest BCUT2D eigenvalue weighted by atomic mass is 10.1. The van der Waals surface area contributed by atoms with E-state index in [4.69, 9.17) is 16.3 Å². The summed E-state index contributed by atoms with van der Waals surface area (Å²) in [5.41, 5.74) is 0.832. The molecule has 1 aliphatic heterocycles. The van der Waals surface area contributed by atoms with E-state index in [0.29, 0.717) is 16.6 Å². The predicted octanol–water partition coefficient (Wildman–Crippen LogP) is 3.05. The molecule has 24 heavy (non-hydrogen) atoms. The average Bonchev–Trinajstić information content (AvgIpc) is 3.18. The molecule has 0 N–H and O–H groups in total. The van der Waals surface area contributed by atoms with Crippen molar-refractivity contribution in [2.45, 2.75) is 51.3 Å². The van der Waals surface area contributed by atoms with Gasteiger partial charge in [0.2, 0.25) is 0 Å². The molecule has 2 aromatic rings. The van der Waals surface area contributed by atoms with Crippen LogP contribution in [0.1, 0.15) is 39.7 Å². The second-order valence-electron chi connectivity index (χ2n) is 7.59. The molecule has 8 heteroatoms. The first-order valence-electron chi connectivity index (χ1n) is 8.16. The number of ether oxygens (including phenoxy) is 1. The molecule has 1 amide bonds. The summed E-state index contributed by atoms with van der Waals surface area (Å²) in [6, 6.07) is 0.253. The normalized spacial score (nSPS) is 26.3. The van der Waals surface area contributed by atoms with Crippen molar-refractivity contribution in [3.05, 3.63) is 17.8 Å². The third kappa shape index (κ3) is 2.51. The maximum atomic E-state index is 12.5. The van der Waals surface area contributed by atoms with E-state index in [1.165, 1.54) is 6.33 Å². The van der Waals surface area contributed by atoms with Gasteiger partial charge in [0.15, 0.2) is 10.8 Å². The van der Waals surface area contributed by atoms with E-state index in [9.17, 15) is 4.79 Å². The van der Waals surface area contributed by atoms with Gasteiger partial charge in [-0.25, -0.2) is 19.7 Å². The Morgan fingerprint density at radius 3 is 2.71 bits per heavy atom. The molecular formula is C16H20ClN5O2. The molecule has 128 valence electrons. The molecule has 0 spiro atoms. The summed E-state index contributed by atoms with van der Waals surface area (Å²) in [5, 5.41) is 0.353. The van der Waals surface area contributed by atoms with Crippen LogP contribution in [0, 0.1) is 5.92 Å². The van der Waals surface area contributed by atoms with Gasteiger partial charge in [-0.05, 0) is 39.5 Å². The van der Waals surface area contributed by atoms with Gasteiger partial charge in [-0.3, -0.25) is 0 Å². The van der Waals surface area contributed by atoms with Gasteiger partial charge in [0.25, 0.3) is 0 Å². The summed E-state index contributed by atoms with van der Waals surface area (Å²) < 4.78 is 7.59. The summed E-state index contributed by atoms with van der Waals surface area (Å²) in [6.45, 7) is 6.43. The molecule has 0 unspecified atom stereocenters. The molecule has 2 aliphatic rings. The molecule has 3 atom stereocenters. The van der Waals surface area contributed by atoms with Gasteiger partial charge in [0.05, 0.1) is 18.4 Å². The predicted molar refractivity (Wildman–Crippen MR) is 88.8 cm³/mol. The Labute approximate surface area is 145 Å². The first kappa shape index (κ1) is 15.6. The third-order valence-electron chi connectivity index (χ3n) is 4.75. The highest BCUT2D eigenvalue weighted by atomic mass is 35.5. The van der Waals surface area contributed by atoms with Crippen molar-refractivity contribution in [3.63, 3.8) is 0 Å². The number of halogens is 1. The maximum Gasteiger partial charge on any atom is 0.410 e. The van der Waals surface area contributed by atoms with Crippen molar-refractivity contribution >= 4 is 28.9 Å². The van der Waals surface area contributed by atoms with E-state index in [1.54, 1.807) is 6.33 Å². The molecule has 7 nitrogen and oxygen atoms in total. The molecule has 0 radical (unpaired) electrons. The lowest BCUT2D eigenvalue weighted by Gasteiger charge is -2.35. The molecule has 2 fully saturated rings. The van der Waals surface area contributed by atoms with Gasteiger partial charge in [-0.1, -0.05) is 11.6 Å². The molecule has 1 saturated carbocycles. The van der Waals surface area contributed by atoms with Crippen LogP contribution in [0.15, 0.2) is 12.7 Å². The number of rotatable bonds is 1. The molecule has 1 saturated heterocycles. The highest BCUT2D eigenvalue weighted by Crippen LogP contribution is 2.45. The van der Waals surface area contributed by atoms with Crippen LogP contribution in [0.25, 0.3) is 11.2 Å². The van der Waals surface area contributed by atoms with Crippen molar-refractivity contribution in [3.8, 4) is 0 Å². The third-order valence-corrected chi connectivity index (χ3v) is 5.03. The first-order chi connectivity index (χ1) is 11.3. The number of carbonyl (C=O) groups excluding carboxylic acids is 1. The first-order valence-corrected chi connectivity index (χ1v) is 8.54. The Hall–Kier alpha value is -1.89. The maximum absolute atomic E-state index is 12.5. The monoisotopic (exact) mass is 349 g/mol. The zero-order valence-electron chi connectivity index (χ0n) is 13.9. The van der Waals surface area contributed by atoms with Crippen molar-refractivity contribution in [1.29, 1.82) is 0 Å². The van der Waals surface area contributed by atoms with Gasteiger partial charge < -0.3 is 14.2 Å². The van der Waals surface area contributed by atoms with Crippen molar-refractivity contribution < 1.29 is 9.53 Å². The van der Waals surface area contributed by atoms with Gasteiger partial charge in [-0.15, -0.1) is 0 Å². The minimum Gasteiger partial charge on any atom is -0.444 e. The van der Waals surface area contributed by atoms with Crippen LogP contribution < -0.4 is 0 Å².